The van der Waals surface area contributed by atoms with Crippen LogP contribution in [0.4, 0.5) is 0 Å². The monoisotopic (exact) mass is 328 g/mol. The van der Waals surface area contributed by atoms with Crippen LogP contribution in [0.15, 0.2) is 53.1 Å². The smallest absolute Gasteiger partial charge is 0.157 e. The van der Waals surface area contributed by atoms with Gasteiger partial charge < -0.3 is 14.5 Å². The van der Waals surface area contributed by atoms with Crippen LogP contribution >= 0.6 is 0 Å². The van der Waals surface area contributed by atoms with Gasteiger partial charge in [-0.05, 0) is 43.9 Å². The molecule has 0 saturated carbocycles. The van der Waals surface area contributed by atoms with Gasteiger partial charge in [0.15, 0.2) is 5.76 Å². The van der Waals surface area contributed by atoms with Gasteiger partial charge >= 0.3 is 0 Å². The minimum Gasteiger partial charge on any atom is -0.463 e. The number of nitrogens with two attached hydrogens (primary N) is 1. The predicted octanol–water partition coefficient (Wildman–Crippen LogP) is 3.65. The Morgan fingerprint density at radius 1 is 1.12 bits per heavy atom. The average Bonchev–Trinajstić information content (AvgIpc) is 3.13. The molecule has 1 aliphatic rings. The summed E-state index contributed by atoms with van der Waals surface area (Å²) in [4.78, 5) is 0. The molecule has 3 heteroatoms. The molecule has 1 aromatic heterocycles. The topological polar surface area (TPSA) is 39.0 Å². The maximum atomic E-state index is 6.13. The second-order valence-electron chi connectivity index (χ2n) is 7.34. The summed E-state index contributed by atoms with van der Waals surface area (Å²) in [6.45, 7) is 7.40. The first-order chi connectivity index (χ1) is 11.7. The molecule has 1 aromatic carbocycles. The van der Waals surface area contributed by atoms with Crippen LogP contribution in [0.5, 0.6) is 0 Å². The lowest BCUT2D eigenvalue weighted by Crippen LogP contribution is -2.83. The Hall–Kier alpha value is -1.58. The number of hydrogen-bond donors (Lipinski definition) is 1. The third kappa shape index (κ3) is 3.90. The molecule has 24 heavy (non-hydrogen) atoms. The zero-order valence-corrected chi connectivity index (χ0v) is 15.0. The maximum absolute atomic E-state index is 6.13. The number of furan rings is 1. The lowest BCUT2D eigenvalue weighted by molar-refractivity contribution is -0.673. The second-order valence-corrected chi connectivity index (χ2v) is 7.34. The first-order valence-electron chi connectivity index (χ1n) is 9.19. The fourth-order valence-electron chi connectivity index (χ4n) is 4.02. The Labute approximate surface area is 145 Å². The average molecular weight is 328 g/mol. The van der Waals surface area contributed by atoms with E-state index in [1.165, 1.54) is 12.0 Å². The Bertz CT molecular complexity index is 610. The van der Waals surface area contributed by atoms with E-state index in [0.717, 1.165) is 44.7 Å². The van der Waals surface area contributed by atoms with Gasteiger partial charge in [0.05, 0.1) is 18.4 Å². The first kappa shape index (κ1) is 17.2. The van der Waals surface area contributed by atoms with E-state index in [0.29, 0.717) is 0 Å². The van der Waals surface area contributed by atoms with E-state index in [1.54, 1.807) is 6.26 Å². The molecule has 0 spiro atoms. The highest BCUT2D eigenvalue weighted by atomic mass is 16.5. The van der Waals surface area contributed by atoms with Crippen molar-refractivity contribution >= 4 is 0 Å². The summed E-state index contributed by atoms with van der Waals surface area (Å²) in [6, 6.07) is 15.1. The summed E-state index contributed by atoms with van der Waals surface area (Å²) < 4.78 is 11.6. The van der Waals surface area contributed by atoms with E-state index < -0.39 is 0 Å². The molecule has 3 rings (SSSR count). The summed E-state index contributed by atoms with van der Waals surface area (Å²) in [5, 5.41) is 2.36. The van der Waals surface area contributed by atoms with Crippen molar-refractivity contribution in [2.45, 2.75) is 57.1 Å². The van der Waals surface area contributed by atoms with Gasteiger partial charge in [-0.2, -0.15) is 0 Å². The van der Waals surface area contributed by atoms with Crippen molar-refractivity contribution in [3.63, 3.8) is 0 Å². The summed E-state index contributed by atoms with van der Waals surface area (Å²) >= 11 is 0. The fourth-order valence-corrected chi connectivity index (χ4v) is 4.02. The van der Waals surface area contributed by atoms with Crippen LogP contribution < -0.4 is 5.32 Å². The zero-order chi connectivity index (χ0) is 16.9. The molecule has 0 unspecified atom stereocenters. The SMILES string of the molecule is CC[C@@]1(C)C[C@](CC[NH2+]Cc2ccco2)(c2ccccc2)CCO1. The first-order valence-corrected chi connectivity index (χ1v) is 9.19. The highest BCUT2D eigenvalue weighted by Gasteiger charge is 2.43. The lowest BCUT2D eigenvalue weighted by Gasteiger charge is -2.46. The quantitative estimate of drug-likeness (QED) is 0.788. The molecular weight excluding hydrogens is 298 g/mol. The molecule has 130 valence electrons. The van der Waals surface area contributed by atoms with Crippen molar-refractivity contribution in [2.75, 3.05) is 13.2 Å². The molecule has 1 saturated heterocycles. The fraction of sp³-hybridized carbons (Fsp3) is 0.524. The molecule has 2 aromatic rings. The third-order valence-corrected chi connectivity index (χ3v) is 5.63. The zero-order valence-electron chi connectivity index (χ0n) is 15.0. The van der Waals surface area contributed by atoms with Crippen molar-refractivity contribution in [1.82, 2.24) is 0 Å². The standard InChI is InChI=1S/C21H29NO2/c1-3-20(2)17-21(12-15-24-20,18-8-5-4-6-9-18)11-13-22-16-19-10-7-14-23-19/h4-10,14,22H,3,11-13,15-17H2,1-2H3/p+1/t20-,21+/m0/s1. The molecular formula is C21H30NO2+. The molecule has 1 aliphatic heterocycles. The van der Waals surface area contributed by atoms with Gasteiger partial charge in [0.25, 0.3) is 0 Å². The molecule has 3 nitrogen and oxygen atoms in total. The highest BCUT2D eigenvalue weighted by molar-refractivity contribution is 5.27. The van der Waals surface area contributed by atoms with Crippen molar-refractivity contribution in [3.8, 4) is 0 Å². The number of quaternary nitrogens is 1. The van der Waals surface area contributed by atoms with Gasteiger partial charge in [-0.25, -0.2) is 0 Å². The predicted molar refractivity (Wildman–Crippen MR) is 95.8 cm³/mol. The van der Waals surface area contributed by atoms with E-state index in [-0.39, 0.29) is 11.0 Å². The van der Waals surface area contributed by atoms with Gasteiger partial charge in [-0.15, -0.1) is 0 Å². The molecule has 0 amide bonds. The van der Waals surface area contributed by atoms with Gasteiger partial charge in [-0.1, -0.05) is 37.3 Å². The van der Waals surface area contributed by atoms with Gasteiger partial charge in [0.2, 0.25) is 0 Å². The van der Waals surface area contributed by atoms with Gasteiger partial charge in [0, 0.05) is 18.4 Å². The van der Waals surface area contributed by atoms with Crippen molar-refractivity contribution in [3.05, 3.63) is 60.1 Å². The normalized spacial score (nSPS) is 27.2. The largest absolute Gasteiger partial charge is 0.463 e. The second kappa shape index (κ2) is 7.54. The lowest BCUT2D eigenvalue weighted by atomic mass is 9.66. The van der Waals surface area contributed by atoms with Crippen LogP contribution in [-0.4, -0.2) is 18.8 Å². The van der Waals surface area contributed by atoms with Crippen LogP contribution in [0.1, 0.15) is 50.9 Å². The van der Waals surface area contributed by atoms with E-state index in [2.05, 4.69) is 49.5 Å². The molecule has 2 atom stereocenters. The summed E-state index contributed by atoms with van der Waals surface area (Å²) in [5.41, 5.74) is 1.69. The van der Waals surface area contributed by atoms with E-state index >= 15 is 0 Å². The van der Waals surface area contributed by atoms with Crippen LogP contribution in [-0.2, 0) is 16.7 Å². The van der Waals surface area contributed by atoms with Crippen LogP contribution in [0.2, 0.25) is 0 Å². The number of rotatable bonds is 7. The van der Waals surface area contributed by atoms with Gasteiger partial charge in [-0.3, -0.25) is 0 Å². The van der Waals surface area contributed by atoms with Crippen LogP contribution in [0.25, 0.3) is 0 Å². The van der Waals surface area contributed by atoms with Crippen molar-refractivity contribution < 1.29 is 14.5 Å². The summed E-state index contributed by atoms with van der Waals surface area (Å²) in [6.07, 6.45) is 6.21. The Balaban J connectivity index is 1.70. The number of benzene rings is 1. The van der Waals surface area contributed by atoms with Crippen LogP contribution in [0.3, 0.4) is 0 Å². The Morgan fingerprint density at radius 3 is 2.67 bits per heavy atom. The molecule has 2 heterocycles. The number of hydrogen-bond acceptors (Lipinski definition) is 2. The summed E-state index contributed by atoms with van der Waals surface area (Å²) in [5.74, 6) is 1.05. The third-order valence-electron chi connectivity index (χ3n) is 5.63. The number of ether oxygens (including phenoxy) is 1. The van der Waals surface area contributed by atoms with Crippen molar-refractivity contribution in [2.24, 2.45) is 0 Å². The van der Waals surface area contributed by atoms with E-state index in [9.17, 15) is 0 Å². The Kier molecular flexibility index (Phi) is 5.42. The molecule has 0 bridgehead atoms. The van der Waals surface area contributed by atoms with Crippen molar-refractivity contribution in [1.29, 1.82) is 0 Å². The van der Waals surface area contributed by atoms with E-state index in [4.69, 9.17) is 9.15 Å². The molecule has 2 N–H and O–H groups in total. The van der Waals surface area contributed by atoms with Gasteiger partial charge in [0.1, 0.15) is 6.54 Å². The van der Waals surface area contributed by atoms with E-state index in [1.807, 2.05) is 12.1 Å². The minimum atomic E-state index is -0.00486. The maximum Gasteiger partial charge on any atom is 0.157 e. The van der Waals surface area contributed by atoms with Crippen LogP contribution in [0, 0.1) is 0 Å². The summed E-state index contributed by atoms with van der Waals surface area (Å²) in [7, 11) is 0. The minimum absolute atomic E-state index is 0.00486. The molecule has 1 fully saturated rings. The molecule has 0 aliphatic carbocycles. The highest BCUT2D eigenvalue weighted by Crippen LogP contribution is 2.44. The Morgan fingerprint density at radius 2 is 1.96 bits per heavy atom. The molecule has 0 radical (unpaired) electrons.